The SMILES string of the molecule is CCCCCCCCC[C](PC1CCCCC1)C(Pc1ccccc1)(C1=C(C(C)(C)C)C=CC1)C(CCCCCCC)C1=C(CCC)C=CC1. The maximum Gasteiger partial charge on any atom is 0.0303 e. The van der Waals surface area contributed by atoms with Gasteiger partial charge in [0.1, 0.15) is 0 Å². The van der Waals surface area contributed by atoms with Gasteiger partial charge in [-0.3, -0.25) is 0 Å². The monoisotopic (exact) mass is 716 g/mol. The Morgan fingerprint density at radius 2 is 1.36 bits per heavy atom. The highest BCUT2D eigenvalue weighted by Gasteiger charge is 2.52. The lowest BCUT2D eigenvalue weighted by Crippen LogP contribution is -2.44. The maximum absolute atomic E-state index is 2.58. The second-order valence-electron chi connectivity index (χ2n) is 17.0. The lowest BCUT2D eigenvalue weighted by atomic mass is 9.69. The molecule has 4 unspecified atom stereocenters. The molecule has 4 atom stereocenters. The molecule has 1 aromatic rings. The molecule has 0 saturated heterocycles. The third-order valence-electron chi connectivity index (χ3n) is 11.9. The summed E-state index contributed by atoms with van der Waals surface area (Å²) in [5.74, 6) is 0.599. The number of rotatable bonds is 24. The molecule has 4 rings (SSSR count). The second kappa shape index (κ2) is 22.3. The highest BCUT2D eigenvalue weighted by atomic mass is 31.1. The third kappa shape index (κ3) is 12.0. The minimum absolute atomic E-state index is 0.108. The Hall–Kier alpha value is -0.960. The predicted molar refractivity (Wildman–Crippen MR) is 231 cm³/mol. The molecule has 3 aliphatic rings. The van der Waals surface area contributed by atoms with Crippen LogP contribution in [0, 0.1) is 17.0 Å². The Balaban J connectivity index is 1.92. The summed E-state index contributed by atoms with van der Waals surface area (Å²) >= 11 is 0. The van der Waals surface area contributed by atoms with E-state index in [1.54, 1.807) is 16.5 Å². The zero-order valence-electron chi connectivity index (χ0n) is 33.6. The van der Waals surface area contributed by atoms with Gasteiger partial charge in [0.15, 0.2) is 0 Å². The maximum atomic E-state index is 2.58. The highest BCUT2D eigenvalue weighted by molar-refractivity contribution is 7.52. The van der Waals surface area contributed by atoms with Gasteiger partial charge in [-0.05, 0) is 78.4 Å². The molecule has 0 N–H and O–H groups in total. The molecular weight excluding hydrogens is 638 g/mol. The van der Waals surface area contributed by atoms with Crippen molar-refractivity contribution >= 4 is 22.5 Å². The van der Waals surface area contributed by atoms with E-state index in [2.05, 4.69) is 96.2 Å². The fourth-order valence-corrected chi connectivity index (χ4v) is 13.8. The number of unbranched alkanes of at least 4 members (excludes halogenated alkanes) is 10. The summed E-state index contributed by atoms with van der Waals surface area (Å²) in [5.41, 5.74) is 10.1. The Bertz CT molecular complexity index is 1220. The number of benzene rings is 1. The Labute approximate surface area is 315 Å². The van der Waals surface area contributed by atoms with Crippen molar-refractivity contribution in [1.29, 1.82) is 0 Å². The van der Waals surface area contributed by atoms with Gasteiger partial charge in [-0.15, -0.1) is 8.58 Å². The largest absolute Gasteiger partial charge is 0.110 e. The highest BCUT2D eigenvalue weighted by Crippen LogP contribution is 2.66. The molecule has 0 spiro atoms. The predicted octanol–water partition coefficient (Wildman–Crippen LogP) is 15.7. The molecular formula is C48H77P2. The van der Waals surface area contributed by atoms with Crippen LogP contribution in [0.15, 0.2) is 76.9 Å². The van der Waals surface area contributed by atoms with E-state index in [1.165, 1.54) is 141 Å². The minimum Gasteiger partial charge on any atom is -0.110 e. The first-order valence-corrected chi connectivity index (χ1v) is 23.7. The fourth-order valence-electron chi connectivity index (χ4n) is 9.36. The molecule has 0 bridgehead atoms. The van der Waals surface area contributed by atoms with Gasteiger partial charge in [0, 0.05) is 10.8 Å². The Morgan fingerprint density at radius 3 is 2.02 bits per heavy atom. The van der Waals surface area contributed by atoms with Crippen molar-refractivity contribution in [3.8, 4) is 0 Å². The van der Waals surface area contributed by atoms with Crippen LogP contribution in [0.5, 0.6) is 0 Å². The van der Waals surface area contributed by atoms with Gasteiger partial charge in [-0.2, -0.15) is 0 Å². The smallest absolute Gasteiger partial charge is 0.0303 e. The van der Waals surface area contributed by atoms with Crippen molar-refractivity contribution in [3.63, 3.8) is 0 Å². The fraction of sp³-hybridized carbons (Fsp3) is 0.688. The summed E-state index contributed by atoms with van der Waals surface area (Å²) < 4.78 is 0. The molecule has 1 saturated carbocycles. The topological polar surface area (TPSA) is 0 Å². The molecule has 0 aliphatic heterocycles. The summed E-state index contributed by atoms with van der Waals surface area (Å²) in [6.45, 7) is 14.6. The van der Waals surface area contributed by atoms with E-state index in [0.29, 0.717) is 5.92 Å². The lowest BCUT2D eigenvalue weighted by molar-refractivity contribution is 0.411. The van der Waals surface area contributed by atoms with Crippen LogP contribution in [-0.4, -0.2) is 10.8 Å². The van der Waals surface area contributed by atoms with E-state index in [9.17, 15) is 0 Å². The zero-order chi connectivity index (χ0) is 35.7. The molecule has 0 amide bonds. The molecule has 1 radical (unpaired) electrons. The van der Waals surface area contributed by atoms with E-state index < -0.39 is 0 Å². The lowest BCUT2D eigenvalue weighted by Gasteiger charge is -2.51. The molecule has 0 aromatic heterocycles. The van der Waals surface area contributed by atoms with Gasteiger partial charge in [0.05, 0.1) is 0 Å². The zero-order valence-corrected chi connectivity index (χ0v) is 35.6. The molecule has 279 valence electrons. The van der Waals surface area contributed by atoms with Crippen LogP contribution in [0.4, 0.5) is 0 Å². The first-order chi connectivity index (χ1) is 24.3. The van der Waals surface area contributed by atoms with E-state index >= 15 is 0 Å². The number of hydrogen-bond acceptors (Lipinski definition) is 0. The van der Waals surface area contributed by atoms with Crippen molar-refractivity contribution < 1.29 is 0 Å². The number of allylic oxidation sites excluding steroid dienone is 8. The average molecular weight is 716 g/mol. The van der Waals surface area contributed by atoms with Crippen LogP contribution in [0.25, 0.3) is 0 Å². The van der Waals surface area contributed by atoms with Crippen LogP contribution in [-0.2, 0) is 0 Å². The molecule has 3 aliphatic carbocycles. The molecule has 50 heavy (non-hydrogen) atoms. The van der Waals surface area contributed by atoms with E-state index in [0.717, 1.165) is 29.2 Å². The summed E-state index contributed by atoms with van der Waals surface area (Å²) in [5, 5.41) is 1.70. The van der Waals surface area contributed by atoms with Crippen LogP contribution >= 0.6 is 17.2 Å². The molecule has 0 nitrogen and oxygen atoms in total. The van der Waals surface area contributed by atoms with Gasteiger partial charge in [-0.1, -0.05) is 219 Å². The van der Waals surface area contributed by atoms with E-state index in [-0.39, 0.29) is 10.6 Å². The summed E-state index contributed by atoms with van der Waals surface area (Å²) in [6, 6.07) is 11.9. The van der Waals surface area contributed by atoms with Gasteiger partial charge >= 0.3 is 0 Å². The third-order valence-corrected chi connectivity index (χ3v) is 16.1. The van der Waals surface area contributed by atoms with Crippen molar-refractivity contribution in [2.75, 3.05) is 0 Å². The first-order valence-electron chi connectivity index (χ1n) is 21.6. The van der Waals surface area contributed by atoms with Crippen LogP contribution in [0.2, 0.25) is 0 Å². The van der Waals surface area contributed by atoms with Crippen molar-refractivity contribution in [1.82, 2.24) is 0 Å². The molecule has 1 aromatic carbocycles. The van der Waals surface area contributed by atoms with E-state index in [1.807, 2.05) is 16.8 Å². The van der Waals surface area contributed by atoms with Gasteiger partial charge < -0.3 is 0 Å². The summed E-state index contributed by atoms with van der Waals surface area (Å²) in [7, 11) is 1.81. The second-order valence-corrected chi connectivity index (χ2v) is 20.4. The minimum atomic E-state index is 0.108. The standard InChI is InChI=1S/C48H77P2/c1-7-10-12-14-15-17-25-38-46(49-40-30-20-18-21-31-40)48(50-41-32-22-19-23-33-41,45-37-27-36-44(45)47(4,5)6)43(35-24-16-13-11-8-2)42-34-26-29-39(42)28-9-3/h19,22-23,26-27,29,32-33,36,40,43,49-50H,7-18,20-21,24-25,28,30-31,34-35,37-38H2,1-6H3. The molecule has 0 heterocycles. The Kier molecular flexibility index (Phi) is 18.6. The Morgan fingerprint density at radius 1 is 0.720 bits per heavy atom. The summed E-state index contributed by atoms with van der Waals surface area (Å²) in [4.78, 5) is 0. The summed E-state index contributed by atoms with van der Waals surface area (Å²) in [6.07, 6.45) is 41.7. The van der Waals surface area contributed by atoms with E-state index in [4.69, 9.17) is 0 Å². The van der Waals surface area contributed by atoms with Gasteiger partial charge in [0.2, 0.25) is 0 Å². The molecule has 2 heteroatoms. The van der Waals surface area contributed by atoms with Crippen molar-refractivity contribution in [3.05, 3.63) is 82.6 Å². The quantitative estimate of drug-likeness (QED) is 0.0738. The van der Waals surface area contributed by atoms with Crippen LogP contribution in [0.1, 0.15) is 189 Å². The first kappa shape index (κ1) is 41.8. The van der Waals surface area contributed by atoms with Crippen molar-refractivity contribution in [2.24, 2.45) is 11.3 Å². The van der Waals surface area contributed by atoms with Gasteiger partial charge in [0.25, 0.3) is 0 Å². The van der Waals surface area contributed by atoms with Gasteiger partial charge in [-0.25, -0.2) is 0 Å². The average Bonchev–Trinajstić information content (AvgIpc) is 3.80. The number of hydrogen-bond donors (Lipinski definition) is 0. The van der Waals surface area contributed by atoms with Crippen LogP contribution in [0.3, 0.4) is 0 Å². The van der Waals surface area contributed by atoms with Crippen molar-refractivity contribution in [2.45, 2.75) is 200 Å². The molecule has 1 fully saturated rings. The van der Waals surface area contributed by atoms with Crippen LogP contribution < -0.4 is 5.30 Å². The normalized spacial score (nSPS) is 19.4.